The molecule has 0 amide bonds. The van der Waals surface area contributed by atoms with E-state index >= 15 is 0 Å². The topological polar surface area (TPSA) is 57.7 Å². The van der Waals surface area contributed by atoms with Gasteiger partial charge in [0.25, 0.3) is 0 Å². The smallest absolute Gasteiger partial charge is 0.191 e. The van der Waals surface area contributed by atoms with E-state index in [1.165, 1.54) is 5.56 Å². The van der Waals surface area contributed by atoms with Gasteiger partial charge in [0.05, 0.1) is 6.10 Å². The van der Waals surface area contributed by atoms with Crippen molar-refractivity contribution in [3.8, 4) is 0 Å². The molecule has 0 spiro atoms. The Morgan fingerprint density at radius 1 is 1.08 bits per heavy atom. The lowest BCUT2D eigenvalue weighted by Gasteiger charge is -2.21. The highest BCUT2D eigenvalue weighted by Crippen LogP contribution is 2.15. The lowest BCUT2D eigenvalue weighted by molar-refractivity contribution is 0.0646. The minimum atomic E-state index is 0. The molecule has 0 heterocycles. The van der Waals surface area contributed by atoms with E-state index in [0.29, 0.717) is 0 Å². The van der Waals surface area contributed by atoms with Crippen LogP contribution in [0.15, 0.2) is 35.3 Å². The van der Waals surface area contributed by atoms with E-state index in [1.54, 1.807) is 7.05 Å². The maximum atomic E-state index is 5.87. The molecule has 1 rings (SSSR count). The van der Waals surface area contributed by atoms with Crippen molar-refractivity contribution in [2.45, 2.75) is 45.8 Å². The average Bonchev–Trinajstić information content (AvgIpc) is 2.56. The van der Waals surface area contributed by atoms with E-state index < -0.39 is 0 Å². The maximum absolute atomic E-state index is 5.87. The Morgan fingerprint density at radius 3 is 2.32 bits per heavy atom. The van der Waals surface area contributed by atoms with Crippen molar-refractivity contribution in [2.75, 3.05) is 33.3 Å². The molecule has 3 N–H and O–H groups in total. The van der Waals surface area contributed by atoms with Gasteiger partial charge in [-0.15, -0.1) is 24.0 Å². The van der Waals surface area contributed by atoms with Gasteiger partial charge in [-0.3, -0.25) is 4.99 Å². The van der Waals surface area contributed by atoms with E-state index in [1.807, 2.05) is 18.2 Å². The molecular formula is C19H35IN4O. The van der Waals surface area contributed by atoms with Crippen LogP contribution in [0.25, 0.3) is 0 Å². The van der Waals surface area contributed by atoms with Crippen LogP contribution in [-0.4, -0.2) is 44.8 Å². The minimum absolute atomic E-state index is 0. The summed E-state index contributed by atoms with van der Waals surface area (Å²) in [6, 6.07) is 10.3. The summed E-state index contributed by atoms with van der Waals surface area (Å²) in [5.74, 6) is 0.835. The summed E-state index contributed by atoms with van der Waals surface area (Å²) in [5, 5.41) is 10.1. The second-order valence-corrected chi connectivity index (χ2v) is 6.88. The first-order chi connectivity index (χ1) is 11.4. The van der Waals surface area contributed by atoms with Crippen molar-refractivity contribution >= 4 is 29.9 Å². The number of halogens is 1. The number of hydrogen-bond acceptors (Lipinski definition) is 3. The minimum Gasteiger partial charge on any atom is -0.374 e. The summed E-state index contributed by atoms with van der Waals surface area (Å²) >= 11 is 0. The van der Waals surface area contributed by atoms with E-state index in [9.17, 15) is 0 Å². The molecule has 1 unspecified atom stereocenters. The molecule has 0 aliphatic carbocycles. The van der Waals surface area contributed by atoms with Crippen molar-refractivity contribution in [3.63, 3.8) is 0 Å². The van der Waals surface area contributed by atoms with Gasteiger partial charge in [0.1, 0.15) is 0 Å². The molecule has 1 aromatic carbocycles. The number of nitrogens with zero attached hydrogens (tertiary/aromatic N) is 1. The number of aliphatic imine (C=N–C) groups is 1. The van der Waals surface area contributed by atoms with E-state index in [2.05, 4.69) is 60.8 Å². The standard InChI is InChI=1S/C19H34N4O.HI/c1-16(17-10-7-6-8-11-17)24-15-9-12-21-18(20-5)22-13-14-23-19(2,3)4;/h6-8,10-11,16,23H,9,12-15H2,1-5H3,(H2,20,21,22);1H. The van der Waals surface area contributed by atoms with Crippen LogP contribution in [0, 0.1) is 0 Å². The van der Waals surface area contributed by atoms with Gasteiger partial charge in [-0.25, -0.2) is 0 Å². The molecule has 0 aliphatic rings. The number of nitrogens with one attached hydrogen (secondary N) is 3. The fraction of sp³-hybridized carbons (Fsp3) is 0.632. The lowest BCUT2D eigenvalue weighted by Crippen LogP contribution is -2.44. The third-order valence-electron chi connectivity index (χ3n) is 3.55. The van der Waals surface area contributed by atoms with Gasteiger partial charge < -0.3 is 20.7 Å². The Hall–Kier alpha value is -0.860. The molecule has 0 aromatic heterocycles. The highest BCUT2D eigenvalue weighted by atomic mass is 127. The molecule has 0 saturated heterocycles. The predicted molar refractivity (Wildman–Crippen MR) is 118 cm³/mol. The van der Waals surface area contributed by atoms with Crippen molar-refractivity contribution in [3.05, 3.63) is 35.9 Å². The van der Waals surface area contributed by atoms with Crippen LogP contribution < -0.4 is 16.0 Å². The van der Waals surface area contributed by atoms with Gasteiger partial charge in [0.2, 0.25) is 0 Å². The Balaban J connectivity index is 0.00000576. The van der Waals surface area contributed by atoms with Gasteiger partial charge in [0, 0.05) is 38.8 Å². The highest BCUT2D eigenvalue weighted by Gasteiger charge is 2.07. The number of hydrogen-bond donors (Lipinski definition) is 3. The van der Waals surface area contributed by atoms with Crippen LogP contribution in [0.3, 0.4) is 0 Å². The molecule has 144 valence electrons. The molecule has 0 bridgehead atoms. The quantitative estimate of drug-likeness (QED) is 0.228. The first-order valence-electron chi connectivity index (χ1n) is 8.78. The Bertz CT molecular complexity index is 474. The normalized spacial score (nSPS) is 13.1. The summed E-state index contributed by atoms with van der Waals surface area (Å²) in [4.78, 5) is 4.23. The van der Waals surface area contributed by atoms with E-state index in [-0.39, 0.29) is 35.6 Å². The lowest BCUT2D eigenvalue weighted by atomic mass is 10.1. The molecule has 0 aliphatic heterocycles. The van der Waals surface area contributed by atoms with Crippen molar-refractivity contribution in [1.29, 1.82) is 0 Å². The highest BCUT2D eigenvalue weighted by molar-refractivity contribution is 14.0. The Morgan fingerprint density at radius 2 is 1.72 bits per heavy atom. The van der Waals surface area contributed by atoms with Crippen LogP contribution >= 0.6 is 24.0 Å². The second kappa shape index (κ2) is 13.4. The first-order valence-corrected chi connectivity index (χ1v) is 8.78. The van der Waals surface area contributed by atoms with Crippen molar-refractivity contribution < 1.29 is 4.74 Å². The summed E-state index contributed by atoms with van der Waals surface area (Å²) in [7, 11) is 1.79. The Labute approximate surface area is 170 Å². The summed E-state index contributed by atoms with van der Waals surface area (Å²) < 4.78 is 5.87. The zero-order valence-electron chi connectivity index (χ0n) is 16.3. The molecule has 0 radical (unpaired) electrons. The van der Waals surface area contributed by atoms with Crippen LogP contribution in [-0.2, 0) is 4.74 Å². The Kier molecular flexibility index (Phi) is 12.9. The van der Waals surface area contributed by atoms with Gasteiger partial charge in [-0.2, -0.15) is 0 Å². The van der Waals surface area contributed by atoms with Crippen molar-refractivity contribution in [1.82, 2.24) is 16.0 Å². The number of benzene rings is 1. The maximum Gasteiger partial charge on any atom is 0.191 e. The number of rotatable bonds is 9. The third kappa shape index (κ3) is 12.2. The molecule has 0 fully saturated rings. The molecule has 0 saturated carbocycles. The van der Waals surface area contributed by atoms with Crippen LogP contribution in [0.2, 0.25) is 0 Å². The zero-order valence-corrected chi connectivity index (χ0v) is 18.6. The van der Waals surface area contributed by atoms with Crippen molar-refractivity contribution in [2.24, 2.45) is 4.99 Å². The van der Waals surface area contributed by atoms with Gasteiger partial charge in [-0.1, -0.05) is 30.3 Å². The van der Waals surface area contributed by atoms with Gasteiger partial charge in [0.15, 0.2) is 5.96 Å². The second-order valence-electron chi connectivity index (χ2n) is 6.88. The van der Waals surface area contributed by atoms with Gasteiger partial charge in [-0.05, 0) is 39.7 Å². The monoisotopic (exact) mass is 462 g/mol. The van der Waals surface area contributed by atoms with Gasteiger partial charge >= 0.3 is 0 Å². The average molecular weight is 462 g/mol. The predicted octanol–water partition coefficient (Wildman–Crippen LogP) is 3.33. The summed E-state index contributed by atoms with van der Waals surface area (Å²) in [5.41, 5.74) is 1.36. The fourth-order valence-corrected chi connectivity index (χ4v) is 2.20. The summed E-state index contributed by atoms with van der Waals surface area (Å²) in [6.45, 7) is 11.9. The van der Waals surface area contributed by atoms with Crippen LogP contribution in [0.1, 0.15) is 45.8 Å². The molecule has 6 heteroatoms. The van der Waals surface area contributed by atoms with E-state index in [4.69, 9.17) is 4.74 Å². The molecule has 1 atom stereocenters. The van der Waals surface area contributed by atoms with E-state index in [0.717, 1.165) is 38.6 Å². The molecule has 25 heavy (non-hydrogen) atoms. The molecule has 1 aromatic rings. The fourth-order valence-electron chi connectivity index (χ4n) is 2.20. The van der Waals surface area contributed by atoms with Crippen LogP contribution in [0.5, 0.6) is 0 Å². The molecule has 5 nitrogen and oxygen atoms in total. The zero-order chi connectivity index (χ0) is 17.8. The third-order valence-corrected chi connectivity index (χ3v) is 3.55. The largest absolute Gasteiger partial charge is 0.374 e. The number of ether oxygens (including phenoxy) is 1. The first kappa shape index (κ1) is 24.1. The molecular weight excluding hydrogens is 427 g/mol. The van der Waals surface area contributed by atoms with Crippen LogP contribution in [0.4, 0.5) is 0 Å². The summed E-state index contributed by atoms with van der Waals surface area (Å²) in [6.07, 6.45) is 1.07. The number of guanidine groups is 1. The SMILES string of the molecule is CN=C(NCCCOC(C)c1ccccc1)NCCNC(C)(C)C.I.